The quantitative estimate of drug-likeness (QED) is 0.224. The van der Waals surface area contributed by atoms with E-state index < -0.39 is 0 Å². The molecule has 0 fully saturated rings. The summed E-state index contributed by atoms with van der Waals surface area (Å²) in [4.78, 5) is 0. The van der Waals surface area contributed by atoms with Crippen molar-refractivity contribution < 1.29 is 0 Å². The molecule has 0 radical (unpaired) electrons. The first-order valence-electron chi connectivity index (χ1n) is 15.0. The molecule has 3 heteroatoms. The Bertz CT molecular complexity index is 2290. The number of hydrogen-bond acceptors (Lipinski definition) is 1. The lowest BCUT2D eigenvalue weighted by atomic mass is 9.57. The van der Waals surface area contributed by atoms with Crippen molar-refractivity contribution in [1.29, 1.82) is 0 Å². The Morgan fingerprint density at radius 3 is 2.36 bits per heavy atom. The number of aromatic nitrogens is 1. The van der Waals surface area contributed by atoms with Gasteiger partial charge in [0.2, 0.25) is 0 Å². The van der Waals surface area contributed by atoms with Crippen LogP contribution in [-0.2, 0) is 5.41 Å². The maximum Gasteiger partial charge on any atom is 0.198 e. The first-order chi connectivity index (χ1) is 20.4. The molecule has 3 heterocycles. The maximum atomic E-state index is 3.74. The molecule has 0 saturated heterocycles. The molecule has 0 bridgehead atoms. The second kappa shape index (κ2) is 8.17. The summed E-state index contributed by atoms with van der Waals surface area (Å²) in [6, 6.07) is 38.3. The lowest BCUT2D eigenvalue weighted by molar-refractivity contribution is 0.637. The van der Waals surface area contributed by atoms with E-state index >= 15 is 0 Å². The minimum atomic E-state index is -0.104. The molecule has 1 aromatic heterocycles. The molecule has 6 aromatic carbocycles. The fraction of sp³-hybridized carbons (Fsp3) is 0.128. The zero-order valence-electron chi connectivity index (χ0n) is 24.5. The van der Waals surface area contributed by atoms with Gasteiger partial charge in [-0.3, -0.25) is 0 Å². The third-order valence-corrected chi connectivity index (χ3v) is 9.90. The van der Waals surface area contributed by atoms with Gasteiger partial charge in [0.15, 0.2) is 7.28 Å². The number of para-hydroxylation sites is 2. The van der Waals surface area contributed by atoms with Gasteiger partial charge in [0.1, 0.15) is 0 Å². The Hall–Kier alpha value is -4.76. The lowest BCUT2D eigenvalue weighted by Crippen LogP contribution is -2.41. The summed E-state index contributed by atoms with van der Waals surface area (Å²) in [7, 11) is 0.926. The summed E-state index contributed by atoms with van der Waals surface area (Å²) in [6.45, 7) is 9.28. The highest BCUT2D eigenvalue weighted by atomic mass is 15.0. The Balaban J connectivity index is 1.42. The number of nitrogens with zero attached hydrogens (tertiary/aromatic N) is 1. The molecule has 9 rings (SSSR count). The molecule has 1 N–H and O–H groups in total. The van der Waals surface area contributed by atoms with Gasteiger partial charge in [-0.25, -0.2) is 0 Å². The van der Waals surface area contributed by atoms with Gasteiger partial charge in [-0.05, 0) is 76.6 Å². The third-order valence-electron chi connectivity index (χ3n) is 9.90. The van der Waals surface area contributed by atoms with Crippen molar-refractivity contribution in [2.75, 3.05) is 5.32 Å². The van der Waals surface area contributed by atoms with Crippen LogP contribution in [0.25, 0.3) is 49.4 Å². The highest BCUT2D eigenvalue weighted by Gasteiger charge is 2.40. The molecule has 0 amide bonds. The van der Waals surface area contributed by atoms with Crippen LogP contribution in [-0.4, -0.2) is 11.8 Å². The van der Waals surface area contributed by atoms with Crippen LogP contribution >= 0.6 is 0 Å². The van der Waals surface area contributed by atoms with E-state index in [-0.39, 0.29) is 5.41 Å². The zero-order chi connectivity index (χ0) is 28.3. The Kier molecular flexibility index (Phi) is 4.65. The first-order valence-corrected chi connectivity index (χ1v) is 15.0. The van der Waals surface area contributed by atoms with Crippen LogP contribution in [0.1, 0.15) is 36.1 Å². The highest BCUT2D eigenvalue weighted by molar-refractivity contribution is 6.73. The van der Waals surface area contributed by atoms with Crippen LogP contribution in [0.15, 0.2) is 103 Å². The van der Waals surface area contributed by atoms with E-state index in [9.17, 15) is 0 Å². The van der Waals surface area contributed by atoms with Crippen molar-refractivity contribution >= 4 is 62.2 Å². The smallest absolute Gasteiger partial charge is 0.198 e. The molecular weight excluding hydrogens is 507 g/mol. The van der Waals surface area contributed by atoms with Gasteiger partial charge in [0, 0.05) is 44.3 Å². The van der Waals surface area contributed by atoms with Crippen molar-refractivity contribution in [3.8, 4) is 16.8 Å². The molecule has 2 nitrogen and oxygen atoms in total. The van der Waals surface area contributed by atoms with E-state index in [0.717, 1.165) is 18.7 Å². The fourth-order valence-electron chi connectivity index (χ4n) is 8.02. The molecule has 0 spiro atoms. The predicted molar refractivity (Wildman–Crippen MR) is 181 cm³/mol. The van der Waals surface area contributed by atoms with Crippen molar-refractivity contribution in [3.05, 3.63) is 125 Å². The second-order valence-electron chi connectivity index (χ2n) is 12.8. The standard InChI is InChI=1S/C39H31BN2/c1-22-16-18-25(19-17-22)41-32-15-8-7-12-27(32)28-20-23(2)33-29-21-24-10-5-6-11-26(24)34-36(29)42-37-30(39(34,3)4)13-9-14-31(37)40-35(28)38(33)42/h5-21,40-41H,1-4H3. The summed E-state index contributed by atoms with van der Waals surface area (Å²) in [5.41, 5.74) is 17.2. The molecular formula is C39H31BN2. The molecule has 0 unspecified atom stereocenters. The van der Waals surface area contributed by atoms with Crippen LogP contribution in [0, 0.1) is 13.8 Å². The van der Waals surface area contributed by atoms with Gasteiger partial charge in [-0.15, -0.1) is 0 Å². The lowest BCUT2D eigenvalue weighted by Gasteiger charge is -2.38. The summed E-state index contributed by atoms with van der Waals surface area (Å²) in [5.74, 6) is 0. The maximum absolute atomic E-state index is 3.74. The zero-order valence-corrected chi connectivity index (χ0v) is 24.5. The number of aryl methyl sites for hydroxylation is 2. The highest BCUT2D eigenvalue weighted by Crippen LogP contribution is 2.51. The predicted octanol–water partition coefficient (Wildman–Crippen LogP) is 8.30. The molecule has 2 aliphatic heterocycles. The fourth-order valence-corrected chi connectivity index (χ4v) is 8.02. The molecule has 2 aliphatic rings. The van der Waals surface area contributed by atoms with Crippen LogP contribution < -0.4 is 16.2 Å². The third kappa shape index (κ3) is 3.01. The topological polar surface area (TPSA) is 17.0 Å². The molecule has 0 atom stereocenters. The molecule has 0 saturated carbocycles. The van der Waals surface area contributed by atoms with E-state index in [1.54, 1.807) is 0 Å². The van der Waals surface area contributed by atoms with Crippen molar-refractivity contribution in [1.82, 2.24) is 4.57 Å². The van der Waals surface area contributed by atoms with E-state index in [1.165, 1.54) is 82.6 Å². The Labute approximate surface area is 246 Å². The van der Waals surface area contributed by atoms with E-state index in [2.05, 4.69) is 141 Å². The molecule has 200 valence electrons. The SMILES string of the molecule is Cc1ccc(Nc2ccccc2-c2cc(C)c3c4cc5ccccc5c5c4n4c3c2Bc2cccc(c2-4)C5(C)C)cc1. The first kappa shape index (κ1) is 23.9. The van der Waals surface area contributed by atoms with Gasteiger partial charge in [-0.1, -0.05) is 104 Å². The number of nitrogens with one attached hydrogen (secondary N) is 1. The van der Waals surface area contributed by atoms with Crippen molar-refractivity contribution in [2.24, 2.45) is 0 Å². The monoisotopic (exact) mass is 538 g/mol. The number of hydrogen-bond donors (Lipinski definition) is 1. The van der Waals surface area contributed by atoms with Crippen molar-refractivity contribution in [2.45, 2.75) is 33.1 Å². The molecule has 42 heavy (non-hydrogen) atoms. The Morgan fingerprint density at radius 2 is 1.50 bits per heavy atom. The van der Waals surface area contributed by atoms with Gasteiger partial charge in [0.25, 0.3) is 0 Å². The molecule has 0 aliphatic carbocycles. The molecule has 7 aromatic rings. The minimum Gasteiger partial charge on any atom is -0.355 e. The normalized spacial score (nSPS) is 14.1. The van der Waals surface area contributed by atoms with Gasteiger partial charge in [-0.2, -0.15) is 0 Å². The summed E-state index contributed by atoms with van der Waals surface area (Å²) >= 11 is 0. The van der Waals surface area contributed by atoms with Gasteiger partial charge >= 0.3 is 0 Å². The van der Waals surface area contributed by atoms with Gasteiger partial charge < -0.3 is 9.88 Å². The Morgan fingerprint density at radius 1 is 0.714 bits per heavy atom. The average molecular weight is 539 g/mol. The minimum absolute atomic E-state index is 0.104. The van der Waals surface area contributed by atoms with E-state index in [1.807, 2.05) is 0 Å². The van der Waals surface area contributed by atoms with Crippen LogP contribution in [0.2, 0.25) is 0 Å². The van der Waals surface area contributed by atoms with Crippen molar-refractivity contribution in [3.63, 3.8) is 0 Å². The number of anilines is 2. The second-order valence-corrected chi connectivity index (χ2v) is 12.8. The van der Waals surface area contributed by atoms with Gasteiger partial charge in [0.05, 0.1) is 5.52 Å². The summed E-state index contributed by atoms with van der Waals surface area (Å²) < 4.78 is 2.65. The number of fused-ring (bicyclic) bond motifs is 3. The van der Waals surface area contributed by atoms with Crippen LogP contribution in [0.5, 0.6) is 0 Å². The average Bonchev–Trinajstić information content (AvgIpc) is 3.34. The number of benzene rings is 6. The summed E-state index contributed by atoms with van der Waals surface area (Å²) in [6.07, 6.45) is 0. The van der Waals surface area contributed by atoms with E-state index in [0.29, 0.717) is 0 Å². The van der Waals surface area contributed by atoms with E-state index in [4.69, 9.17) is 0 Å². The van der Waals surface area contributed by atoms with Crippen LogP contribution in [0.4, 0.5) is 11.4 Å². The number of rotatable bonds is 3. The van der Waals surface area contributed by atoms with Crippen LogP contribution in [0.3, 0.4) is 0 Å². The largest absolute Gasteiger partial charge is 0.355 e. The summed E-state index contributed by atoms with van der Waals surface area (Å²) in [5, 5.41) is 9.21.